The number of halogens is 1. The number of esters is 1. The SMILES string of the molecule is COC(=O)C(OS(=O)(=O)c1ccc(N=O)cc1)c1ccccc1Cl. The molecule has 0 spiro atoms. The maximum absolute atomic E-state index is 12.4. The minimum absolute atomic E-state index is 0.0598. The van der Waals surface area contributed by atoms with Gasteiger partial charge in [-0.15, -0.1) is 4.91 Å². The molecular weight excluding hydrogens is 358 g/mol. The molecule has 2 rings (SSSR count). The van der Waals surface area contributed by atoms with Crippen LogP contribution in [0.2, 0.25) is 5.02 Å². The third-order valence-electron chi connectivity index (χ3n) is 3.06. The number of hydrogen-bond donors (Lipinski definition) is 0. The Hall–Kier alpha value is -2.29. The van der Waals surface area contributed by atoms with E-state index < -0.39 is 22.2 Å². The highest BCUT2D eigenvalue weighted by atomic mass is 35.5. The molecule has 1 atom stereocenters. The van der Waals surface area contributed by atoms with Crippen LogP contribution in [0.5, 0.6) is 0 Å². The van der Waals surface area contributed by atoms with Crippen LogP contribution >= 0.6 is 11.6 Å². The smallest absolute Gasteiger partial charge is 0.341 e. The first-order valence-electron chi connectivity index (χ1n) is 6.58. The van der Waals surface area contributed by atoms with Gasteiger partial charge in [0.1, 0.15) is 5.69 Å². The lowest BCUT2D eigenvalue weighted by atomic mass is 10.1. The molecule has 9 heteroatoms. The van der Waals surface area contributed by atoms with E-state index in [1.165, 1.54) is 24.3 Å². The molecule has 0 bridgehead atoms. The van der Waals surface area contributed by atoms with Crippen LogP contribution in [0.25, 0.3) is 0 Å². The Morgan fingerprint density at radius 2 is 1.75 bits per heavy atom. The van der Waals surface area contributed by atoms with Crippen LogP contribution in [0.1, 0.15) is 11.7 Å². The van der Waals surface area contributed by atoms with Gasteiger partial charge >= 0.3 is 5.97 Å². The maximum atomic E-state index is 12.4. The molecule has 2 aromatic carbocycles. The van der Waals surface area contributed by atoms with Crippen LogP contribution in [-0.4, -0.2) is 21.5 Å². The lowest BCUT2D eigenvalue weighted by molar-refractivity contribution is -0.149. The Kier molecular flexibility index (Phi) is 5.66. The van der Waals surface area contributed by atoms with Gasteiger partial charge in [-0.3, -0.25) is 0 Å². The molecule has 7 nitrogen and oxygen atoms in total. The van der Waals surface area contributed by atoms with Crippen molar-refractivity contribution in [3.63, 3.8) is 0 Å². The van der Waals surface area contributed by atoms with E-state index in [4.69, 9.17) is 15.8 Å². The summed E-state index contributed by atoms with van der Waals surface area (Å²) in [7, 11) is -3.20. The molecule has 0 aliphatic heterocycles. The van der Waals surface area contributed by atoms with E-state index in [2.05, 4.69) is 9.91 Å². The summed E-state index contributed by atoms with van der Waals surface area (Å²) >= 11 is 6.00. The van der Waals surface area contributed by atoms with Crippen molar-refractivity contribution < 1.29 is 22.1 Å². The van der Waals surface area contributed by atoms with E-state index in [1.807, 2.05) is 0 Å². The first-order valence-corrected chi connectivity index (χ1v) is 8.36. The van der Waals surface area contributed by atoms with Gasteiger partial charge in [-0.05, 0) is 35.5 Å². The third kappa shape index (κ3) is 3.97. The predicted octanol–water partition coefficient (Wildman–Crippen LogP) is 3.36. The first-order chi connectivity index (χ1) is 11.4. The van der Waals surface area contributed by atoms with Gasteiger partial charge in [-0.25, -0.2) is 8.98 Å². The summed E-state index contributed by atoms with van der Waals surface area (Å²) in [5.41, 5.74) is 0.213. The molecule has 0 saturated heterocycles. The Bertz CT molecular complexity index is 851. The minimum atomic E-state index is -4.31. The van der Waals surface area contributed by atoms with Crippen molar-refractivity contribution in [3.8, 4) is 0 Å². The number of rotatable bonds is 6. The Labute approximate surface area is 143 Å². The highest BCUT2D eigenvalue weighted by molar-refractivity contribution is 7.86. The van der Waals surface area contributed by atoms with Gasteiger partial charge in [0.2, 0.25) is 6.10 Å². The molecule has 2 aromatic rings. The molecule has 0 saturated carbocycles. The molecule has 24 heavy (non-hydrogen) atoms. The fraction of sp³-hybridized carbons (Fsp3) is 0.133. The second-order valence-corrected chi connectivity index (χ2v) is 6.54. The van der Waals surface area contributed by atoms with Gasteiger partial charge < -0.3 is 4.74 Å². The largest absolute Gasteiger partial charge is 0.467 e. The summed E-state index contributed by atoms with van der Waals surface area (Å²) in [6.45, 7) is 0. The summed E-state index contributed by atoms with van der Waals surface area (Å²) in [5.74, 6) is -0.919. The summed E-state index contributed by atoms with van der Waals surface area (Å²) in [6.07, 6.45) is -1.56. The molecule has 0 fully saturated rings. The standard InChI is InChI=1S/C15H12ClNO6S/c1-22-15(18)14(12-4-2-3-5-13(12)16)23-24(20,21)11-8-6-10(17-19)7-9-11/h2-9,14H,1H3. The van der Waals surface area contributed by atoms with Crippen LogP contribution in [0, 0.1) is 4.91 Å². The van der Waals surface area contributed by atoms with E-state index in [1.54, 1.807) is 12.1 Å². The van der Waals surface area contributed by atoms with Gasteiger partial charge in [0.05, 0.1) is 12.0 Å². The zero-order valence-electron chi connectivity index (χ0n) is 12.4. The van der Waals surface area contributed by atoms with Gasteiger partial charge in [-0.1, -0.05) is 29.8 Å². The third-order valence-corrected chi connectivity index (χ3v) is 4.70. The zero-order chi connectivity index (χ0) is 17.7. The second-order valence-electron chi connectivity index (χ2n) is 4.56. The van der Waals surface area contributed by atoms with Gasteiger partial charge in [-0.2, -0.15) is 8.42 Å². The first kappa shape index (κ1) is 18.1. The number of carbonyl (C=O) groups is 1. The van der Waals surface area contributed by atoms with Crippen molar-refractivity contribution in [2.45, 2.75) is 11.0 Å². The molecular formula is C15H12ClNO6S. The highest BCUT2D eigenvalue weighted by Crippen LogP contribution is 2.30. The van der Waals surface area contributed by atoms with Gasteiger partial charge in [0, 0.05) is 10.6 Å². The molecule has 0 radical (unpaired) electrons. The minimum Gasteiger partial charge on any atom is -0.467 e. The van der Waals surface area contributed by atoms with Crippen molar-refractivity contribution in [2.24, 2.45) is 5.18 Å². The molecule has 0 aliphatic rings. The van der Waals surface area contributed by atoms with Crippen LogP contribution in [0.3, 0.4) is 0 Å². The molecule has 126 valence electrons. The maximum Gasteiger partial charge on any atom is 0.341 e. The van der Waals surface area contributed by atoms with E-state index in [-0.39, 0.29) is 21.2 Å². The van der Waals surface area contributed by atoms with Crippen molar-refractivity contribution in [3.05, 3.63) is 64.0 Å². The molecule has 0 heterocycles. The van der Waals surface area contributed by atoms with E-state index >= 15 is 0 Å². The Morgan fingerprint density at radius 1 is 1.12 bits per heavy atom. The number of nitroso groups, excluding NO2 is 1. The fourth-order valence-electron chi connectivity index (χ4n) is 1.87. The van der Waals surface area contributed by atoms with Crippen molar-refractivity contribution >= 4 is 33.4 Å². The summed E-state index contributed by atoms with van der Waals surface area (Å²) in [5, 5.41) is 2.83. The van der Waals surface area contributed by atoms with E-state index in [9.17, 15) is 18.1 Å². The molecule has 1 unspecified atom stereocenters. The summed E-state index contributed by atoms with van der Waals surface area (Å²) in [4.78, 5) is 22.1. The fourth-order valence-corrected chi connectivity index (χ4v) is 3.12. The molecule has 0 N–H and O–H groups in total. The number of hydrogen-bond acceptors (Lipinski definition) is 7. The Balaban J connectivity index is 2.39. The quantitative estimate of drug-likeness (QED) is 0.439. The topological polar surface area (TPSA) is 99.1 Å². The van der Waals surface area contributed by atoms with Crippen molar-refractivity contribution in [1.29, 1.82) is 0 Å². The Morgan fingerprint density at radius 3 is 2.29 bits per heavy atom. The lowest BCUT2D eigenvalue weighted by Crippen LogP contribution is -2.21. The molecule has 0 aliphatic carbocycles. The summed E-state index contributed by atoms with van der Waals surface area (Å²) < 4.78 is 34.3. The summed E-state index contributed by atoms with van der Waals surface area (Å²) in [6, 6.07) is 10.9. The number of benzene rings is 2. The van der Waals surface area contributed by atoms with Crippen molar-refractivity contribution in [2.75, 3.05) is 7.11 Å². The predicted molar refractivity (Wildman–Crippen MR) is 86.4 cm³/mol. The van der Waals surface area contributed by atoms with E-state index in [0.29, 0.717) is 0 Å². The molecule has 0 amide bonds. The van der Waals surface area contributed by atoms with Crippen LogP contribution in [0.4, 0.5) is 5.69 Å². The number of nitrogens with zero attached hydrogens (tertiary/aromatic N) is 1. The second kappa shape index (κ2) is 7.52. The van der Waals surface area contributed by atoms with Crippen LogP contribution in [-0.2, 0) is 23.8 Å². The zero-order valence-corrected chi connectivity index (χ0v) is 14.0. The van der Waals surface area contributed by atoms with Gasteiger partial charge in [0.25, 0.3) is 10.1 Å². The van der Waals surface area contributed by atoms with Gasteiger partial charge in [0.15, 0.2) is 0 Å². The number of methoxy groups -OCH3 is 1. The molecule has 0 aromatic heterocycles. The van der Waals surface area contributed by atoms with Crippen molar-refractivity contribution in [1.82, 2.24) is 0 Å². The van der Waals surface area contributed by atoms with Crippen LogP contribution < -0.4 is 0 Å². The van der Waals surface area contributed by atoms with E-state index in [0.717, 1.165) is 19.2 Å². The lowest BCUT2D eigenvalue weighted by Gasteiger charge is -2.17. The number of ether oxygens (including phenoxy) is 1. The number of carbonyl (C=O) groups excluding carboxylic acids is 1. The average Bonchev–Trinajstić information content (AvgIpc) is 2.60. The normalized spacial score (nSPS) is 12.4. The monoisotopic (exact) mass is 369 g/mol. The highest BCUT2D eigenvalue weighted by Gasteiger charge is 2.31. The van der Waals surface area contributed by atoms with Crippen LogP contribution in [0.15, 0.2) is 58.6 Å². The average molecular weight is 370 g/mol.